The Morgan fingerprint density at radius 3 is 1.50 bits per heavy atom. The summed E-state index contributed by atoms with van der Waals surface area (Å²) in [5.74, 6) is 0. The fraction of sp³-hybridized carbons (Fsp3) is 0.333. The van der Waals surface area contributed by atoms with E-state index in [0.29, 0.717) is 0 Å². The predicted octanol–water partition coefficient (Wildman–Crippen LogP) is -0.167. The van der Waals surface area contributed by atoms with Crippen LogP contribution in [0.4, 0.5) is 0 Å². The molecule has 3 heteroatoms. The molecular weight excluding hydrogens is 257 g/mol. The topological polar surface area (TPSA) is 34.7 Å². The maximum absolute atomic E-state index is 2.12. The minimum absolute atomic E-state index is 0. The molecule has 67 valence electrons. The van der Waals surface area contributed by atoms with Crippen LogP contribution in [-0.4, -0.2) is 54.0 Å². The van der Waals surface area contributed by atoms with Gasteiger partial charge in [0.1, 0.15) is 0 Å². The summed E-state index contributed by atoms with van der Waals surface area (Å²) >= 11 is 1.49. The molecule has 2 nitrogen and oxygen atoms in total. The van der Waals surface area contributed by atoms with Gasteiger partial charge >= 0.3 is 56.4 Å². The third-order valence-corrected chi connectivity index (χ3v) is 1.73. The molecule has 0 spiro atoms. The van der Waals surface area contributed by atoms with E-state index in [4.69, 9.17) is 0 Å². The van der Waals surface area contributed by atoms with Crippen molar-refractivity contribution in [3.63, 3.8) is 0 Å². The van der Waals surface area contributed by atoms with E-state index in [0.717, 1.165) is 0 Å². The monoisotopic (exact) mass is 274 g/mol. The molecule has 0 unspecified atom stereocenters. The Balaban J connectivity index is 0. The van der Waals surface area contributed by atoms with Gasteiger partial charge in [0.15, 0.2) is 0 Å². The first-order valence-electron chi connectivity index (χ1n) is 3.50. The Kier molecular flexibility index (Phi) is 10.9. The molecule has 1 aromatic rings. The van der Waals surface area contributed by atoms with Crippen molar-refractivity contribution in [1.29, 1.82) is 0 Å². The molecule has 0 aliphatic rings. The van der Waals surface area contributed by atoms with Crippen LogP contribution in [0, 0.1) is 0 Å². The Morgan fingerprint density at radius 1 is 1.00 bits per heavy atom. The molecule has 0 aliphatic carbocycles. The van der Waals surface area contributed by atoms with Gasteiger partial charge in [-0.15, -0.1) is 0 Å². The molecule has 0 saturated carbocycles. The molecule has 0 aliphatic heterocycles. The van der Waals surface area contributed by atoms with E-state index in [2.05, 4.69) is 24.3 Å². The van der Waals surface area contributed by atoms with Crippen molar-refractivity contribution in [2.45, 2.75) is 0 Å². The summed E-state index contributed by atoms with van der Waals surface area (Å²) < 4.78 is 1.41. The fourth-order valence-corrected chi connectivity index (χ4v) is 0.987. The van der Waals surface area contributed by atoms with Crippen LogP contribution in [0.25, 0.3) is 0 Å². The summed E-state index contributed by atoms with van der Waals surface area (Å²) in [6.07, 6.45) is 0. The van der Waals surface area contributed by atoms with E-state index in [1.807, 2.05) is 32.1 Å². The molecule has 0 atom stereocenters. The van der Waals surface area contributed by atoms with Crippen LogP contribution in [0.3, 0.4) is 0 Å². The second-order valence-electron chi connectivity index (χ2n) is 2.71. The summed E-state index contributed by atoms with van der Waals surface area (Å²) in [6.45, 7) is 0. The second-order valence-corrected chi connectivity index (χ2v) is 4.36. The zero-order chi connectivity index (χ0) is 8.69. The first kappa shape index (κ1) is 14.5. The van der Waals surface area contributed by atoms with Crippen LogP contribution in [0.5, 0.6) is 0 Å². The van der Waals surface area contributed by atoms with Gasteiger partial charge in [0.25, 0.3) is 0 Å². The van der Waals surface area contributed by atoms with Crippen molar-refractivity contribution in [1.82, 2.24) is 4.90 Å². The average molecular weight is 273 g/mol. The van der Waals surface area contributed by atoms with Crippen LogP contribution in [0.15, 0.2) is 30.3 Å². The summed E-state index contributed by atoms with van der Waals surface area (Å²) in [5.41, 5.74) is 0. The van der Waals surface area contributed by atoms with Gasteiger partial charge < -0.3 is 10.4 Å². The molecule has 0 aromatic heterocycles. The maximum atomic E-state index is 2.12. The van der Waals surface area contributed by atoms with Crippen molar-refractivity contribution in [3.8, 4) is 0 Å². The third-order valence-electron chi connectivity index (χ3n) is 0.774. The molecule has 0 fully saturated rings. The average Bonchev–Trinajstić information content (AvgIpc) is 1.87. The van der Waals surface area contributed by atoms with Gasteiger partial charge in [0, 0.05) is 0 Å². The fourth-order valence-electron chi connectivity index (χ4n) is 0.438. The normalized spacial score (nSPS) is 8.08. The molecule has 0 heterocycles. The number of nitrogens with zero attached hydrogens (tertiary/aromatic N) is 1. The van der Waals surface area contributed by atoms with Gasteiger partial charge in [-0.05, 0) is 21.1 Å². The Morgan fingerprint density at radius 2 is 1.33 bits per heavy atom. The zero-order valence-corrected chi connectivity index (χ0v) is 10.7. The van der Waals surface area contributed by atoms with Crippen LogP contribution < -0.4 is 3.58 Å². The third kappa shape index (κ3) is 12.6. The molecule has 1 rings (SSSR count). The van der Waals surface area contributed by atoms with Gasteiger partial charge in [-0.1, -0.05) is 0 Å². The Bertz CT molecular complexity index is 174. The summed E-state index contributed by atoms with van der Waals surface area (Å²) in [6, 6.07) is 10.4. The molecule has 0 amide bonds. The van der Waals surface area contributed by atoms with Gasteiger partial charge in [0.2, 0.25) is 0 Å². The SMILES string of the molecule is CN(C)C.O.[Sn][c]1ccccc1. The number of benzene rings is 1. The Labute approximate surface area is 88.0 Å². The van der Waals surface area contributed by atoms with Crippen molar-refractivity contribution >= 4 is 26.1 Å². The zero-order valence-electron chi connectivity index (χ0n) is 7.83. The van der Waals surface area contributed by atoms with Gasteiger partial charge in [-0.3, -0.25) is 0 Å². The van der Waals surface area contributed by atoms with E-state index in [9.17, 15) is 0 Å². The predicted molar refractivity (Wildman–Crippen MR) is 55.1 cm³/mol. The molecule has 2 N–H and O–H groups in total. The van der Waals surface area contributed by atoms with Crippen LogP contribution in [-0.2, 0) is 0 Å². The van der Waals surface area contributed by atoms with E-state index >= 15 is 0 Å². The van der Waals surface area contributed by atoms with E-state index in [1.54, 1.807) is 0 Å². The van der Waals surface area contributed by atoms with Crippen molar-refractivity contribution < 1.29 is 5.48 Å². The standard InChI is InChI=1S/C6H5.C3H9N.H2O.Sn/c1-2-4-6-5-3-1;1-4(2)3;;/h1-5H;1-3H3;1H2;. The molecular formula is C9H16NOSn. The number of hydrogen-bond acceptors (Lipinski definition) is 1. The minimum atomic E-state index is 0. The van der Waals surface area contributed by atoms with Crippen molar-refractivity contribution in [2.75, 3.05) is 21.1 Å². The first-order chi connectivity index (χ1) is 5.13. The second kappa shape index (κ2) is 9.03. The van der Waals surface area contributed by atoms with E-state index in [-0.39, 0.29) is 5.48 Å². The van der Waals surface area contributed by atoms with Gasteiger partial charge in [-0.2, -0.15) is 0 Å². The van der Waals surface area contributed by atoms with Crippen LogP contribution >= 0.6 is 0 Å². The first-order valence-corrected chi connectivity index (χ1v) is 4.93. The van der Waals surface area contributed by atoms with Gasteiger partial charge in [-0.25, -0.2) is 0 Å². The van der Waals surface area contributed by atoms with E-state index < -0.39 is 0 Å². The summed E-state index contributed by atoms with van der Waals surface area (Å²) in [4.78, 5) is 2.00. The molecule has 1 aromatic carbocycles. The summed E-state index contributed by atoms with van der Waals surface area (Å²) in [7, 11) is 6.00. The van der Waals surface area contributed by atoms with Crippen molar-refractivity contribution in [2.24, 2.45) is 0 Å². The van der Waals surface area contributed by atoms with Crippen LogP contribution in [0.1, 0.15) is 0 Å². The molecule has 0 bridgehead atoms. The number of rotatable bonds is 0. The quantitative estimate of drug-likeness (QED) is 0.604. The van der Waals surface area contributed by atoms with Crippen LogP contribution in [0.2, 0.25) is 0 Å². The van der Waals surface area contributed by atoms with Gasteiger partial charge in [0.05, 0.1) is 0 Å². The molecule has 12 heavy (non-hydrogen) atoms. The Hall–Kier alpha value is -0.0613. The van der Waals surface area contributed by atoms with Crippen molar-refractivity contribution in [3.05, 3.63) is 30.3 Å². The number of hydrogen-bond donors (Lipinski definition) is 0. The summed E-state index contributed by atoms with van der Waals surface area (Å²) in [5, 5.41) is 0. The molecule has 3 radical (unpaired) electrons. The van der Waals surface area contributed by atoms with E-state index in [1.165, 1.54) is 26.1 Å². The molecule has 0 saturated heterocycles.